The van der Waals surface area contributed by atoms with Gasteiger partial charge in [-0.25, -0.2) is 0 Å². The molecule has 0 aliphatic carbocycles. The first-order valence-corrected chi connectivity index (χ1v) is 7.20. The smallest absolute Gasteiger partial charge is 0.130 e. The van der Waals surface area contributed by atoms with E-state index in [0.29, 0.717) is 12.3 Å². The molecule has 0 radical (unpaired) electrons. The lowest BCUT2D eigenvalue weighted by molar-refractivity contribution is -0.117. The van der Waals surface area contributed by atoms with Crippen LogP contribution in [0.4, 0.5) is 0 Å². The van der Waals surface area contributed by atoms with E-state index in [1.807, 2.05) is 6.07 Å². The molecule has 1 aromatic heterocycles. The van der Waals surface area contributed by atoms with Crippen LogP contribution in [0.5, 0.6) is 0 Å². The molecule has 0 amide bonds. The number of benzene rings is 1. The van der Waals surface area contributed by atoms with Crippen molar-refractivity contribution < 1.29 is 4.79 Å². The fourth-order valence-corrected chi connectivity index (χ4v) is 2.97. The van der Waals surface area contributed by atoms with Crippen LogP contribution in [0.3, 0.4) is 0 Å². The number of para-hydroxylation sites is 1. The molecule has 0 aliphatic rings. The van der Waals surface area contributed by atoms with E-state index in [9.17, 15) is 4.79 Å². The summed E-state index contributed by atoms with van der Waals surface area (Å²) in [5.41, 5.74) is 3.74. The number of hydrogen-bond donors (Lipinski definition) is 1. The Kier molecular flexibility index (Phi) is 4.41. The van der Waals surface area contributed by atoms with Crippen LogP contribution in [-0.4, -0.2) is 10.8 Å². The van der Waals surface area contributed by atoms with Crippen molar-refractivity contribution in [1.82, 2.24) is 4.98 Å². The Morgan fingerprint density at radius 3 is 2.74 bits per heavy atom. The van der Waals surface area contributed by atoms with Crippen molar-refractivity contribution in [1.29, 1.82) is 0 Å². The molecule has 2 aromatic rings. The zero-order valence-corrected chi connectivity index (χ0v) is 12.1. The Hall–Kier alpha value is -1.57. The molecule has 2 nitrogen and oxygen atoms in total. The SMILES string of the molecule is CCCC[C@H](CC(C)=O)c1c(C)[nH]c2ccccc12. The van der Waals surface area contributed by atoms with Gasteiger partial charge < -0.3 is 9.78 Å². The number of aromatic amines is 1. The van der Waals surface area contributed by atoms with E-state index in [1.165, 1.54) is 35.0 Å². The minimum atomic E-state index is 0.283. The number of Topliss-reactive ketones (excluding diaryl/α,β-unsaturated/α-hetero) is 1. The number of unbranched alkanes of at least 4 members (excludes halogenated alkanes) is 1. The molecule has 102 valence electrons. The predicted molar refractivity (Wildman–Crippen MR) is 80.6 cm³/mol. The third kappa shape index (κ3) is 3.06. The van der Waals surface area contributed by atoms with Crippen LogP contribution in [0.1, 0.15) is 56.7 Å². The van der Waals surface area contributed by atoms with Crippen molar-refractivity contribution >= 4 is 16.7 Å². The van der Waals surface area contributed by atoms with E-state index in [4.69, 9.17) is 0 Å². The third-order valence-corrected chi connectivity index (χ3v) is 3.79. The number of carbonyl (C=O) groups excluding carboxylic acids is 1. The number of aryl methyl sites for hydroxylation is 1. The van der Waals surface area contributed by atoms with E-state index < -0.39 is 0 Å². The molecule has 0 saturated heterocycles. The van der Waals surface area contributed by atoms with Crippen LogP contribution >= 0.6 is 0 Å². The summed E-state index contributed by atoms with van der Waals surface area (Å²) in [7, 11) is 0. The Morgan fingerprint density at radius 2 is 2.05 bits per heavy atom. The van der Waals surface area contributed by atoms with Crippen molar-refractivity contribution in [3.63, 3.8) is 0 Å². The number of carbonyl (C=O) groups is 1. The molecule has 0 unspecified atom stereocenters. The van der Waals surface area contributed by atoms with Crippen molar-refractivity contribution in [2.45, 2.75) is 52.4 Å². The molecule has 1 heterocycles. The molecule has 1 N–H and O–H groups in total. The number of aromatic nitrogens is 1. The topological polar surface area (TPSA) is 32.9 Å². The summed E-state index contributed by atoms with van der Waals surface area (Å²) in [5, 5.41) is 1.28. The highest BCUT2D eigenvalue weighted by molar-refractivity contribution is 5.86. The Balaban J connectivity index is 2.42. The van der Waals surface area contributed by atoms with Crippen LogP contribution in [0.2, 0.25) is 0 Å². The van der Waals surface area contributed by atoms with Gasteiger partial charge in [0.05, 0.1) is 0 Å². The molecule has 2 rings (SSSR count). The highest BCUT2D eigenvalue weighted by Crippen LogP contribution is 2.34. The molecule has 0 saturated carbocycles. The molecule has 0 bridgehead atoms. The lowest BCUT2D eigenvalue weighted by Gasteiger charge is -2.16. The van der Waals surface area contributed by atoms with Crippen molar-refractivity contribution in [2.24, 2.45) is 0 Å². The van der Waals surface area contributed by atoms with Gasteiger partial charge in [0.25, 0.3) is 0 Å². The summed E-state index contributed by atoms with van der Waals surface area (Å²) in [5.74, 6) is 0.638. The summed E-state index contributed by atoms with van der Waals surface area (Å²) in [6.07, 6.45) is 4.11. The molecular formula is C17H23NO. The maximum Gasteiger partial charge on any atom is 0.130 e. The van der Waals surface area contributed by atoms with E-state index in [1.54, 1.807) is 6.92 Å². The first-order chi connectivity index (χ1) is 9.13. The Bertz CT molecular complexity index is 568. The van der Waals surface area contributed by atoms with Gasteiger partial charge in [0.15, 0.2) is 0 Å². The fraction of sp³-hybridized carbons (Fsp3) is 0.471. The number of nitrogens with one attached hydrogen (secondary N) is 1. The van der Waals surface area contributed by atoms with Crippen LogP contribution < -0.4 is 0 Å². The molecule has 0 spiro atoms. The number of fused-ring (bicyclic) bond motifs is 1. The Labute approximate surface area is 115 Å². The first kappa shape index (κ1) is 13.9. The quantitative estimate of drug-likeness (QED) is 0.797. The number of H-pyrrole nitrogens is 1. The predicted octanol–water partition coefficient (Wildman–Crippen LogP) is 4.73. The van der Waals surface area contributed by atoms with Crippen LogP contribution in [0.25, 0.3) is 10.9 Å². The maximum absolute atomic E-state index is 11.5. The van der Waals surface area contributed by atoms with E-state index in [-0.39, 0.29) is 5.78 Å². The summed E-state index contributed by atoms with van der Waals surface area (Å²) < 4.78 is 0. The highest BCUT2D eigenvalue weighted by Gasteiger charge is 2.19. The minimum absolute atomic E-state index is 0.283. The largest absolute Gasteiger partial charge is 0.358 e. The fourth-order valence-electron chi connectivity index (χ4n) is 2.97. The minimum Gasteiger partial charge on any atom is -0.358 e. The number of hydrogen-bond acceptors (Lipinski definition) is 1. The zero-order valence-electron chi connectivity index (χ0n) is 12.1. The summed E-state index contributed by atoms with van der Waals surface area (Å²) in [4.78, 5) is 15.0. The summed E-state index contributed by atoms with van der Waals surface area (Å²) >= 11 is 0. The molecular weight excluding hydrogens is 234 g/mol. The van der Waals surface area contributed by atoms with Gasteiger partial charge in [-0.3, -0.25) is 0 Å². The maximum atomic E-state index is 11.5. The zero-order chi connectivity index (χ0) is 13.8. The van der Waals surface area contributed by atoms with Gasteiger partial charge in [-0.05, 0) is 37.8 Å². The second-order valence-electron chi connectivity index (χ2n) is 5.45. The average molecular weight is 257 g/mol. The lowest BCUT2D eigenvalue weighted by Crippen LogP contribution is -2.05. The molecule has 1 aromatic carbocycles. The van der Waals surface area contributed by atoms with Crippen molar-refractivity contribution in [3.8, 4) is 0 Å². The summed E-state index contributed by atoms with van der Waals surface area (Å²) in [6, 6.07) is 8.39. The van der Waals surface area contributed by atoms with E-state index in [2.05, 4.69) is 37.0 Å². The van der Waals surface area contributed by atoms with Crippen LogP contribution in [0, 0.1) is 6.92 Å². The van der Waals surface area contributed by atoms with Crippen LogP contribution in [-0.2, 0) is 4.79 Å². The monoisotopic (exact) mass is 257 g/mol. The van der Waals surface area contributed by atoms with E-state index in [0.717, 1.165) is 6.42 Å². The third-order valence-electron chi connectivity index (χ3n) is 3.79. The standard InChI is InChI=1S/C17H23NO/c1-4-5-8-14(11-12(2)19)17-13(3)18-16-10-7-6-9-15(16)17/h6-7,9-10,14,18H,4-5,8,11H2,1-3H3/t14-/m1/s1. The number of ketones is 1. The second-order valence-corrected chi connectivity index (χ2v) is 5.45. The van der Waals surface area contributed by atoms with Crippen LogP contribution in [0.15, 0.2) is 24.3 Å². The molecule has 1 atom stereocenters. The first-order valence-electron chi connectivity index (χ1n) is 7.20. The highest BCUT2D eigenvalue weighted by atomic mass is 16.1. The van der Waals surface area contributed by atoms with Gasteiger partial charge in [0.1, 0.15) is 5.78 Å². The van der Waals surface area contributed by atoms with E-state index >= 15 is 0 Å². The summed E-state index contributed by atoms with van der Waals surface area (Å²) in [6.45, 7) is 6.02. The Morgan fingerprint density at radius 1 is 1.32 bits per heavy atom. The number of rotatable bonds is 6. The van der Waals surface area contributed by atoms with Gasteiger partial charge in [0.2, 0.25) is 0 Å². The second kappa shape index (κ2) is 6.05. The van der Waals surface area contributed by atoms with Gasteiger partial charge >= 0.3 is 0 Å². The van der Waals surface area contributed by atoms with Crippen molar-refractivity contribution in [3.05, 3.63) is 35.5 Å². The van der Waals surface area contributed by atoms with Crippen molar-refractivity contribution in [2.75, 3.05) is 0 Å². The molecule has 19 heavy (non-hydrogen) atoms. The van der Waals surface area contributed by atoms with Gasteiger partial charge in [-0.15, -0.1) is 0 Å². The molecule has 2 heteroatoms. The average Bonchev–Trinajstić information content (AvgIpc) is 2.70. The lowest BCUT2D eigenvalue weighted by atomic mass is 9.87. The molecule has 0 aliphatic heterocycles. The van der Waals surface area contributed by atoms with Gasteiger partial charge in [-0.1, -0.05) is 38.0 Å². The normalized spacial score (nSPS) is 12.8. The van der Waals surface area contributed by atoms with Gasteiger partial charge in [-0.2, -0.15) is 0 Å². The molecule has 0 fully saturated rings. The van der Waals surface area contributed by atoms with Gasteiger partial charge in [0, 0.05) is 23.0 Å².